The molecule has 3 atom stereocenters. The van der Waals surface area contributed by atoms with E-state index in [2.05, 4.69) is 57.9 Å². The van der Waals surface area contributed by atoms with Crippen LogP contribution in [0.4, 0.5) is 0 Å². The highest BCUT2D eigenvalue weighted by Crippen LogP contribution is 2.40. The molecule has 1 aliphatic carbocycles. The monoisotopic (exact) mass is 323 g/mol. The Morgan fingerprint density at radius 1 is 1.32 bits per heavy atom. The Labute approximate surface area is 141 Å². The van der Waals surface area contributed by atoms with Crippen molar-refractivity contribution in [2.24, 2.45) is 5.92 Å². The zero-order valence-corrected chi connectivity index (χ0v) is 15.1. The second-order valence-corrected chi connectivity index (χ2v) is 7.61. The van der Waals surface area contributed by atoms with Crippen molar-refractivity contribution in [3.63, 3.8) is 0 Å². The molecule has 0 aliphatic heterocycles. The lowest BCUT2D eigenvalue weighted by Crippen LogP contribution is -3.00. The van der Waals surface area contributed by atoms with Crippen LogP contribution in [-0.4, -0.2) is 35.3 Å². The summed E-state index contributed by atoms with van der Waals surface area (Å²) in [6.07, 6.45) is 2.96. The van der Waals surface area contributed by atoms with Crippen molar-refractivity contribution in [2.45, 2.75) is 51.3 Å². The second-order valence-electron chi connectivity index (χ2n) is 7.61. The van der Waals surface area contributed by atoms with E-state index in [4.69, 9.17) is 0 Å². The predicted octanol–water partition coefficient (Wildman–Crippen LogP) is 0.763. The van der Waals surface area contributed by atoms with E-state index in [0.29, 0.717) is 5.92 Å². The van der Waals surface area contributed by atoms with Crippen LogP contribution in [0.1, 0.15) is 38.7 Å². The molecule has 0 bridgehead atoms. The SMILES string of the molecule is C=C(C)C1CCC(C)(O)C([N+](C)(C)Cc2ccccc2)C1.[Cl-]. The van der Waals surface area contributed by atoms with Crippen LogP contribution in [0.3, 0.4) is 0 Å². The maximum absolute atomic E-state index is 10.9. The van der Waals surface area contributed by atoms with Gasteiger partial charge in [0.15, 0.2) is 0 Å². The summed E-state index contributed by atoms with van der Waals surface area (Å²) in [6, 6.07) is 10.8. The minimum Gasteiger partial charge on any atom is -1.00 e. The van der Waals surface area contributed by atoms with Crippen molar-refractivity contribution in [3.05, 3.63) is 48.0 Å². The molecule has 1 saturated carbocycles. The van der Waals surface area contributed by atoms with E-state index < -0.39 is 5.60 Å². The molecule has 3 heteroatoms. The maximum atomic E-state index is 10.9. The average molecular weight is 324 g/mol. The molecule has 1 fully saturated rings. The zero-order chi connectivity index (χ0) is 15.7. The van der Waals surface area contributed by atoms with Crippen molar-refractivity contribution in [1.29, 1.82) is 0 Å². The highest BCUT2D eigenvalue weighted by Gasteiger charge is 2.47. The first kappa shape index (κ1) is 19.2. The fraction of sp³-hybridized carbons (Fsp3) is 0.579. The number of aliphatic hydroxyl groups is 1. The van der Waals surface area contributed by atoms with Gasteiger partial charge in [-0.3, -0.25) is 0 Å². The molecule has 2 rings (SSSR count). The van der Waals surface area contributed by atoms with Gasteiger partial charge in [0.1, 0.15) is 18.2 Å². The standard InChI is InChI=1S/C19H30NO.ClH/c1-15(2)17-11-12-19(3,21)18(13-17)20(4,5)14-16-9-7-6-8-10-16;/h6-10,17-18,21H,1,11-14H2,2-5H3;1H/q+1;/p-1. The van der Waals surface area contributed by atoms with E-state index >= 15 is 0 Å². The molecule has 1 aliphatic rings. The van der Waals surface area contributed by atoms with Crippen LogP contribution in [0, 0.1) is 5.92 Å². The zero-order valence-electron chi connectivity index (χ0n) is 14.3. The Kier molecular flexibility index (Phi) is 6.26. The van der Waals surface area contributed by atoms with E-state index in [0.717, 1.165) is 30.3 Å². The van der Waals surface area contributed by atoms with Gasteiger partial charge in [0.25, 0.3) is 0 Å². The van der Waals surface area contributed by atoms with Gasteiger partial charge in [-0.25, -0.2) is 0 Å². The molecule has 1 aromatic carbocycles. The lowest BCUT2D eigenvalue weighted by atomic mass is 9.72. The molecule has 0 spiro atoms. The highest BCUT2D eigenvalue weighted by molar-refractivity contribution is 5.13. The highest BCUT2D eigenvalue weighted by atomic mass is 35.5. The molecule has 3 unspecified atom stereocenters. The first-order valence-corrected chi connectivity index (χ1v) is 7.97. The molecule has 0 aromatic heterocycles. The van der Waals surface area contributed by atoms with Crippen LogP contribution in [0.2, 0.25) is 0 Å². The Balaban J connectivity index is 0.00000242. The Morgan fingerprint density at radius 3 is 2.45 bits per heavy atom. The topological polar surface area (TPSA) is 20.2 Å². The first-order chi connectivity index (χ1) is 9.72. The molecule has 2 nitrogen and oxygen atoms in total. The van der Waals surface area contributed by atoms with Crippen molar-refractivity contribution < 1.29 is 22.0 Å². The molecule has 0 radical (unpaired) electrons. The average Bonchev–Trinajstić information content (AvgIpc) is 2.38. The van der Waals surface area contributed by atoms with E-state index in [-0.39, 0.29) is 18.4 Å². The second kappa shape index (κ2) is 7.16. The smallest absolute Gasteiger partial charge is 0.118 e. The van der Waals surface area contributed by atoms with Crippen molar-refractivity contribution >= 4 is 0 Å². The fourth-order valence-corrected chi connectivity index (χ4v) is 3.92. The van der Waals surface area contributed by atoms with Crippen molar-refractivity contribution in [3.8, 4) is 0 Å². The third-order valence-corrected chi connectivity index (χ3v) is 5.20. The number of allylic oxidation sites excluding steroid dienone is 1. The van der Waals surface area contributed by atoms with E-state index in [1.807, 2.05) is 6.92 Å². The van der Waals surface area contributed by atoms with Gasteiger partial charge in [-0.1, -0.05) is 42.5 Å². The number of hydrogen-bond acceptors (Lipinski definition) is 1. The van der Waals surface area contributed by atoms with Gasteiger partial charge >= 0.3 is 0 Å². The quantitative estimate of drug-likeness (QED) is 0.641. The van der Waals surface area contributed by atoms with Crippen LogP contribution < -0.4 is 12.4 Å². The summed E-state index contributed by atoms with van der Waals surface area (Å²) >= 11 is 0. The minimum atomic E-state index is -0.593. The lowest BCUT2D eigenvalue weighted by molar-refractivity contribution is -0.936. The van der Waals surface area contributed by atoms with E-state index in [1.54, 1.807) is 0 Å². The molecule has 124 valence electrons. The van der Waals surface area contributed by atoms with Gasteiger partial charge in [0.2, 0.25) is 0 Å². The molecular formula is C19H30ClNO. The van der Waals surface area contributed by atoms with E-state index in [1.165, 1.54) is 11.1 Å². The fourth-order valence-electron chi connectivity index (χ4n) is 3.92. The van der Waals surface area contributed by atoms with Gasteiger partial charge in [0.05, 0.1) is 14.1 Å². The van der Waals surface area contributed by atoms with Crippen LogP contribution in [0.5, 0.6) is 0 Å². The van der Waals surface area contributed by atoms with Crippen LogP contribution in [0.15, 0.2) is 42.5 Å². The number of nitrogens with zero attached hydrogens (tertiary/aromatic N) is 1. The Morgan fingerprint density at radius 2 is 1.91 bits per heavy atom. The van der Waals surface area contributed by atoms with Gasteiger partial charge in [-0.15, -0.1) is 0 Å². The van der Waals surface area contributed by atoms with Crippen molar-refractivity contribution in [2.75, 3.05) is 14.1 Å². The number of likely N-dealkylation sites (N-methyl/N-ethyl adjacent to an activating group) is 1. The number of halogens is 1. The normalized spacial score (nSPS) is 28.8. The summed E-state index contributed by atoms with van der Waals surface area (Å²) in [5.74, 6) is 0.545. The molecule has 0 amide bonds. The maximum Gasteiger partial charge on any atom is 0.118 e. The summed E-state index contributed by atoms with van der Waals surface area (Å²) in [5.41, 5.74) is 2.00. The predicted molar refractivity (Wildman–Crippen MR) is 88.8 cm³/mol. The molecule has 1 aromatic rings. The molecular weight excluding hydrogens is 294 g/mol. The van der Waals surface area contributed by atoms with Gasteiger partial charge in [0, 0.05) is 12.0 Å². The van der Waals surface area contributed by atoms with Crippen LogP contribution in [0.25, 0.3) is 0 Å². The Hall–Kier alpha value is -0.830. The van der Waals surface area contributed by atoms with Gasteiger partial charge < -0.3 is 22.0 Å². The lowest BCUT2D eigenvalue weighted by Gasteiger charge is -2.49. The summed E-state index contributed by atoms with van der Waals surface area (Å²) < 4.78 is 0.820. The van der Waals surface area contributed by atoms with E-state index in [9.17, 15) is 5.11 Å². The number of benzene rings is 1. The third-order valence-electron chi connectivity index (χ3n) is 5.20. The molecule has 22 heavy (non-hydrogen) atoms. The minimum absolute atomic E-state index is 0. The Bertz CT molecular complexity index is 495. The number of rotatable bonds is 4. The molecule has 0 heterocycles. The first-order valence-electron chi connectivity index (χ1n) is 7.97. The molecule has 1 N–H and O–H groups in total. The number of quaternary nitrogens is 1. The van der Waals surface area contributed by atoms with Gasteiger partial charge in [-0.05, 0) is 32.6 Å². The van der Waals surface area contributed by atoms with Crippen molar-refractivity contribution in [1.82, 2.24) is 0 Å². The summed E-state index contributed by atoms with van der Waals surface area (Å²) in [7, 11) is 4.49. The van der Waals surface area contributed by atoms with Gasteiger partial charge in [-0.2, -0.15) is 0 Å². The summed E-state index contributed by atoms with van der Waals surface area (Å²) in [5, 5.41) is 10.9. The van der Waals surface area contributed by atoms with Crippen LogP contribution >= 0.6 is 0 Å². The number of hydrogen-bond donors (Lipinski definition) is 1. The van der Waals surface area contributed by atoms with Crippen LogP contribution in [-0.2, 0) is 6.54 Å². The summed E-state index contributed by atoms with van der Waals surface area (Å²) in [4.78, 5) is 0. The summed E-state index contributed by atoms with van der Waals surface area (Å²) in [6.45, 7) is 9.22. The molecule has 0 saturated heterocycles. The largest absolute Gasteiger partial charge is 1.00 e. The third kappa shape index (κ3) is 4.34.